The van der Waals surface area contributed by atoms with Crippen LogP contribution in [0.2, 0.25) is 0 Å². The predicted octanol–water partition coefficient (Wildman–Crippen LogP) is 4.38. The minimum absolute atomic E-state index is 0.172. The molecule has 0 amide bonds. The first kappa shape index (κ1) is 16.4. The second-order valence-electron chi connectivity index (χ2n) is 5.90. The second-order valence-corrected chi connectivity index (χ2v) is 6.30. The van der Waals surface area contributed by atoms with Gasteiger partial charge in [-0.3, -0.25) is 0 Å². The van der Waals surface area contributed by atoms with Crippen molar-refractivity contribution >= 4 is 23.1 Å². The van der Waals surface area contributed by atoms with Gasteiger partial charge in [0, 0.05) is 6.20 Å². The number of aromatic nitrogens is 1. The van der Waals surface area contributed by atoms with E-state index in [1.807, 2.05) is 19.1 Å². The maximum Gasteiger partial charge on any atom is 0.172 e. The van der Waals surface area contributed by atoms with Crippen molar-refractivity contribution in [2.45, 2.75) is 33.7 Å². The zero-order valence-corrected chi connectivity index (χ0v) is 14.4. The Morgan fingerprint density at radius 1 is 1.14 bits per heavy atom. The van der Waals surface area contributed by atoms with Gasteiger partial charge in [-0.05, 0) is 60.8 Å². The van der Waals surface area contributed by atoms with Gasteiger partial charge in [0.25, 0.3) is 0 Å². The highest BCUT2D eigenvalue weighted by Gasteiger charge is 2.18. The first-order valence-corrected chi connectivity index (χ1v) is 7.94. The van der Waals surface area contributed by atoms with Crippen LogP contribution in [0, 0.1) is 19.8 Å². The van der Waals surface area contributed by atoms with Crippen LogP contribution in [0.15, 0.2) is 42.6 Å². The average Bonchev–Trinajstić information content (AvgIpc) is 2.45. The Labute approximate surface area is 138 Å². The Bertz CT molecular complexity index is 652. The molecule has 1 atom stereocenters. The normalized spacial score (nSPS) is 12.0. The molecule has 2 rings (SSSR count). The molecule has 0 aliphatic carbocycles. The number of nitrogens with zero attached hydrogens (tertiary/aromatic N) is 1. The van der Waals surface area contributed by atoms with Crippen molar-refractivity contribution in [2.24, 2.45) is 5.92 Å². The number of benzene rings is 1. The fourth-order valence-corrected chi connectivity index (χ4v) is 2.67. The van der Waals surface area contributed by atoms with Gasteiger partial charge in [0.2, 0.25) is 0 Å². The van der Waals surface area contributed by atoms with Gasteiger partial charge in [-0.15, -0.1) is 0 Å². The first-order chi connectivity index (χ1) is 10.5. The van der Waals surface area contributed by atoms with Crippen LogP contribution in [0.1, 0.15) is 36.6 Å². The zero-order valence-electron chi connectivity index (χ0n) is 13.6. The predicted molar refractivity (Wildman–Crippen MR) is 97.1 cm³/mol. The van der Waals surface area contributed by atoms with Crippen molar-refractivity contribution in [1.82, 2.24) is 10.3 Å². The molecular weight excluding hydrogens is 290 g/mol. The highest BCUT2D eigenvalue weighted by Crippen LogP contribution is 2.24. The molecule has 4 heteroatoms. The lowest BCUT2D eigenvalue weighted by molar-refractivity contribution is 0.471. The lowest BCUT2D eigenvalue weighted by atomic mass is 9.93. The molecule has 0 saturated heterocycles. The SMILES string of the molecule is Cc1ccnc(NC(=S)N[C@H](c2ccccc2C)C(C)C)c1. The Morgan fingerprint density at radius 3 is 2.50 bits per heavy atom. The van der Waals surface area contributed by atoms with E-state index in [2.05, 4.69) is 60.7 Å². The summed E-state index contributed by atoms with van der Waals surface area (Å²) in [5.74, 6) is 1.19. The number of nitrogens with one attached hydrogen (secondary N) is 2. The maximum absolute atomic E-state index is 5.46. The van der Waals surface area contributed by atoms with E-state index in [9.17, 15) is 0 Å². The van der Waals surface area contributed by atoms with Crippen LogP contribution in [0.25, 0.3) is 0 Å². The number of aryl methyl sites for hydroxylation is 2. The lowest BCUT2D eigenvalue weighted by Crippen LogP contribution is -2.35. The third-order valence-electron chi connectivity index (χ3n) is 3.63. The van der Waals surface area contributed by atoms with Crippen molar-refractivity contribution in [3.05, 3.63) is 59.3 Å². The summed E-state index contributed by atoms with van der Waals surface area (Å²) in [6.45, 7) is 8.55. The van der Waals surface area contributed by atoms with Gasteiger partial charge in [-0.1, -0.05) is 38.1 Å². The minimum atomic E-state index is 0.172. The molecule has 0 saturated carbocycles. The quantitative estimate of drug-likeness (QED) is 0.821. The summed E-state index contributed by atoms with van der Waals surface area (Å²) < 4.78 is 0. The number of anilines is 1. The van der Waals surface area contributed by atoms with E-state index in [0.29, 0.717) is 11.0 Å². The van der Waals surface area contributed by atoms with Crippen LogP contribution >= 0.6 is 12.2 Å². The molecular formula is C18H23N3S. The van der Waals surface area contributed by atoms with E-state index in [1.165, 1.54) is 11.1 Å². The van der Waals surface area contributed by atoms with Gasteiger partial charge in [-0.2, -0.15) is 0 Å². The maximum atomic E-state index is 5.46. The van der Waals surface area contributed by atoms with Crippen LogP contribution in [-0.4, -0.2) is 10.1 Å². The molecule has 0 radical (unpaired) electrons. The number of pyridine rings is 1. The van der Waals surface area contributed by atoms with Gasteiger partial charge in [-0.25, -0.2) is 4.98 Å². The summed E-state index contributed by atoms with van der Waals surface area (Å²) in [6.07, 6.45) is 1.78. The zero-order chi connectivity index (χ0) is 16.1. The van der Waals surface area contributed by atoms with E-state index < -0.39 is 0 Å². The standard InChI is InChI=1S/C18H23N3S/c1-12(2)17(15-8-6-5-7-14(15)4)21-18(22)20-16-11-13(3)9-10-19-16/h5-12,17H,1-4H3,(H2,19,20,21,22)/t17-/m0/s1. The van der Waals surface area contributed by atoms with E-state index in [1.54, 1.807) is 6.20 Å². The highest BCUT2D eigenvalue weighted by molar-refractivity contribution is 7.80. The third-order valence-corrected chi connectivity index (χ3v) is 3.85. The van der Waals surface area contributed by atoms with Crippen molar-refractivity contribution < 1.29 is 0 Å². The molecule has 0 bridgehead atoms. The summed E-state index contributed by atoms with van der Waals surface area (Å²) in [7, 11) is 0. The van der Waals surface area contributed by atoms with Gasteiger partial charge >= 0.3 is 0 Å². The van der Waals surface area contributed by atoms with E-state index in [4.69, 9.17) is 12.2 Å². The second kappa shape index (κ2) is 7.36. The lowest BCUT2D eigenvalue weighted by Gasteiger charge is -2.26. The molecule has 1 aromatic carbocycles. The van der Waals surface area contributed by atoms with Crippen molar-refractivity contribution in [1.29, 1.82) is 0 Å². The van der Waals surface area contributed by atoms with E-state index in [0.717, 1.165) is 11.4 Å². The summed E-state index contributed by atoms with van der Waals surface area (Å²) in [4.78, 5) is 4.28. The fraction of sp³-hybridized carbons (Fsp3) is 0.333. The summed E-state index contributed by atoms with van der Waals surface area (Å²) in [5.41, 5.74) is 3.70. The molecule has 0 fully saturated rings. The molecule has 116 valence electrons. The topological polar surface area (TPSA) is 37.0 Å². The van der Waals surface area contributed by atoms with Crippen LogP contribution in [-0.2, 0) is 0 Å². The molecule has 2 N–H and O–H groups in total. The van der Waals surface area contributed by atoms with Crippen LogP contribution in [0.4, 0.5) is 5.82 Å². The van der Waals surface area contributed by atoms with E-state index in [-0.39, 0.29) is 6.04 Å². The Morgan fingerprint density at radius 2 is 1.86 bits per heavy atom. The van der Waals surface area contributed by atoms with Gasteiger partial charge in [0.1, 0.15) is 5.82 Å². The fourth-order valence-electron chi connectivity index (χ4n) is 2.44. The van der Waals surface area contributed by atoms with Gasteiger partial charge < -0.3 is 10.6 Å². The molecule has 1 aromatic heterocycles. The van der Waals surface area contributed by atoms with Crippen molar-refractivity contribution in [3.63, 3.8) is 0 Å². The number of hydrogen-bond acceptors (Lipinski definition) is 2. The third kappa shape index (κ3) is 4.28. The Hall–Kier alpha value is -1.94. The smallest absolute Gasteiger partial charge is 0.172 e. The molecule has 2 aromatic rings. The Balaban J connectivity index is 2.11. The summed E-state index contributed by atoms with van der Waals surface area (Å²) in [6, 6.07) is 12.5. The highest BCUT2D eigenvalue weighted by atomic mass is 32.1. The molecule has 1 heterocycles. The van der Waals surface area contributed by atoms with Gasteiger partial charge in [0.05, 0.1) is 6.04 Å². The van der Waals surface area contributed by atoms with Crippen LogP contribution in [0.3, 0.4) is 0 Å². The first-order valence-electron chi connectivity index (χ1n) is 7.53. The largest absolute Gasteiger partial charge is 0.355 e. The molecule has 0 aliphatic heterocycles. The Kier molecular flexibility index (Phi) is 5.50. The van der Waals surface area contributed by atoms with Crippen LogP contribution < -0.4 is 10.6 Å². The monoisotopic (exact) mass is 313 g/mol. The minimum Gasteiger partial charge on any atom is -0.355 e. The van der Waals surface area contributed by atoms with Crippen LogP contribution in [0.5, 0.6) is 0 Å². The van der Waals surface area contributed by atoms with Crippen molar-refractivity contribution in [3.8, 4) is 0 Å². The number of hydrogen-bond donors (Lipinski definition) is 2. The molecule has 3 nitrogen and oxygen atoms in total. The molecule has 0 aliphatic rings. The van der Waals surface area contributed by atoms with Crippen molar-refractivity contribution in [2.75, 3.05) is 5.32 Å². The average molecular weight is 313 g/mol. The summed E-state index contributed by atoms with van der Waals surface area (Å²) in [5, 5.41) is 7.19. The van der Waals surface area contributed by atoms with E-state index >= 15 is 0 Å². The molecule has 0 unspecified atom stereocenters. The molecule has 0 spiro atoms. The number of rotatable bonds is 4. The summed E-state index contributed by atoms with van der Waals surface area (Å²) >= 11 is 5.46. The number of thiocarbonyl (C=S) groups is 1. The van der Waals surface area contributed by atoms with Gasteiger partial charge in [0.15, 0.2) is 5.11 Å². The molecule has 22 heavy (non-hydrogen) atoms.